The molecular formula is C8H3F6O3. The van der Waals surface area contributed by atoms with Gasteiger partial charge in [0.15, 0.2) is 5.75 Å². The SMILES string of the molecule is [O]c1ccc(OC(F)(F)F)cc1OC(F)(F)F. The second-order valence-electron chi connectivity index (χ2n) is 2.70. The third-order valence-corrected chi connectivity index (χ3v) is 1.37. The van der Waals surface area contributed by atoms with Crippen LogP contribution in [-0.4, -0.2) is 12.7 Å². The van der Waals surface area contributed by atoms with Gasteiger partial charge in [0.05, 0.1) is 0 Å². The first-order chi connectivity index (χ1) is 7.57. The summed E-state index contributed by atoms with van der Waals surface area (Å²) in [7, 11) is 0. The molecule has 0 heterocycles. The molecule has 0 amide bonds. The maximum atomic E-state index is 11.8. The van der Waals surface area contributed by atoms with Gasteiger partial charge in [-0.15, -0.1) is 26.3 Å². The van der Waals surface area contributed by atoms with Crippen LogP contribution in [0.25, 0.3) is 0 Å². The van der Waals surface area contributed by atoms with E-state index in [0.717, 1.165) is 0 Å². The van der Waals surface area contributed by atoms with E-state index in [4.69, 9.17) is 0 Å². The average Bonchev–Trinajstić information content (AvgIpc) is 2.05. The summed E-state index contributed by atoms with van der Waals surface area (Å²) >= 11 is 0. The van der Waals surface area contributed by atoms with E-state index in [1.54, 1.807) is 0 Å². The zero-order valence-electron chi connectivity index (χ0n) is 7.72. The molecule has 3 nitrogen and oxygen atoms in total. The van der Waals surface area contributed by atoms with Crippen LogP contribution in [0.2, 0.25) is 0 Å². The molecule has 0 bridgehead atoms. The fourth-order valence-electron chi connectivity index (χ4n) is 0.890. The molecule has 0 atom stereocenters. The molecule has 0 saturated heterocycles. The van der Waals surface area contributed by atoms with Gasteiger partial charge in [0.2, 0.25) is 5.75 Å². The lowest BCUT2D eigenvalue weighted by molar-refractivity contribution is -0.276. The Bertz CT molecular complexity index is 397. The van der Waals surface area contributed by atoms with Crippen LogP contribution in [0.5, 0.6) is 17.2 Å². The van der Waals surface area contributed by atoms with Gasteiger partial charge in [0.25, 0.3) is 0 Å². The Morgan fingerprint density at radius 1 is 0.882 bits per heavy atom. The van der Waals surface area contributed by atoms with Crippen molar-refractivity contribution in [2.24, 2.45) is 0 Å². The highest BCUT2D eigenvalue weighted by Gasteiger charge is 2.34. The molecule has 0 aliphatic rings. The van der Waals surface area contributed by atoms with Crippen LogP contribution < -0.4 is 9.47 Å². The summed E-state index contributed by atoms with van der Waals surface area (Å²) in [6.07, 6.45) is -10.2. The summed E-state index contributed by atoms with van der Waals surface area (Å²) in [4.78, 5) is 0. The Balaban J connectivity index is 2.95. The number of hydrogen-bond donors (Lipinski definition) is 0. The minimum Gasteiger partial charge on any atom is -0.406 e. The van der Waals surface area contributed by atoms with Gasteiger partial charge >= 0.3 is 12.7 Å². The normalized spacial score (nSPS) is 12.4. The summed E-state index contributed by atoms with van der Waals surface area (Å²) < 4.78 is 77.1. The number of ether oxygens (including phenoxy) is 2. The zero-order valence-corrected chi connectivity index (χ0v) is 7.72. The standard InChI is InChI=1S/C8H3F6O3/c9-7(10,11)16-4-1-2-5(15)6(3-4)17-8(12,13)14/h1-3H. The molecule has 9 heteroatoms. The van der Waals surface area contributed by atoms with Crippen LogP contribution in [0, 0.1) is 0 Å². The first kappa shape index (κ1) is 13.3. The van der Waals surface area contributed by atoms with E-state index >= 15 is 0 Å². The lowest BCUT2D eigenvalue weighted by atomic mass is 10.3. The molecule has 1 radical (unpaired) electrons. The van der Waals surface area contributed by atoms with E-state index in [1.807, 2.05) is 0 Å². The average molecular weight is 261 g/mol. The first-order valence-corrected chi connectivity index (χ1v) is 3.89. The molecule has 0 spiro atoms. The van der Waals surface area contributed by atoms with E-state index in [-0.39, 0.29) is 6.07 Å². The van der Waals surface area contributed by atoms with Crippen molar-refractivity contribution < 1.29 is 40.9 Å². The van der Waals surface area contributed by atoms with Crippen LogP contribution >= 0.6 is 0 Å². The molecule has 1 aromatic rings. The molecule has 0 saturated carbocycles. The van der Waals surface area contributed by atoms with Crippen LogP contribution in [0.4, 0.5) is 26.3 Å². The third kappa shape index (κ3) is 4.70. The van der Waals surface area contributed by atoms with E-state index in [1.165, 1.54) is 0 Å². The highest BCUT2D eigenvalue weighted by Crippen LogP contribution is 2.36. The van der Waals surface area contributed by atoms with E-state index in [9.17, 15) is 31.4 Å². The first-order valence-electron chi connectivity index (χ1n) is 3.89. The Kier molecular flexibility index (Phi) is 3.30. The second-order valence-corrected chi connectivity index (χ2v) is 2.70. The molecule has 0 N–H and O–H groups in total. The van der Waals surface area contributed by atoms with Crippen molar-refractivity contribution in [3.8, 4) is 17.2 Å². The quantitative estimate of drug-likeness (QED) is 0.762. The van der Waals surface area contributed by atoms with Gasteiger partial charge in [-0.05, 0) is 12.1 Å². The molecule has 0 unspecified atom stereocenters. The molecular weight excluding hydrogens is 258 g/mol. The van der Waals surface area contributed by atoms with E-state index < -0.39 is 30.0 Å². The van der Waals surface area contributed by atoms with Crippen molar-refractivity contribution in [3.05, 3.63) is 18.2 Å². The number of alkyl halides is 6. The Hall–Kier alpha value is -1.80. The Morgan fingerprint density at radius 2 is 1.41 bits per heavy atom. The van der Waals surface area contributed by atoms with Crippen molar-refractivity contribution in [3.63, 3.8) is 0 Å². The molecule has 0 aromatic heterocycles. The number of benzene rings is 1. The zero-order chi connectivity index (χ0) is 13.3. The summed E-state index contributed by atoms with van der Waals surface area (Å²) in [5, 5.41) is 10.9. The number of hydrogen-bond acceptors (Lipinski definition) is 2. The third-order valence-electron chi connectivity index (χ3n) is 1.37. The predicted octanol–water partition coefficient (Wildman–Crippen LogP) is 3.63. The number of halogens is 6. The van der Waals surface area contributed by atoms with Crippen LogP contribution in [-0.2, 0) is 5.11 Å². The van der Waals surface area contributed by atoms with E-state index in [0.29, 0.717) is 12.1 Å². The number of rotatable bonds is 2. The molecule has 17 heavy (non-hydrogen) atoms. The van der Waals surface area contributed by atoms with Crippen molar-refractivity contribution in [2.45, 2.75) is 12.7 Å². The lowest BCUT2D eigenvalue weighted by Crippen LogP contribution is -2.18. The topological polar surface area (TPSA) is 38.4 Å². The molecule has 0 aliphatic carbocycles. The Morgan fingerprint density at radius 3 is 1.88 bits per heavy atom. The maximum absolute atomic E-state index is 11.8. The Labute approximate surface area is 90.2 Å². The van der Waals surface area contributed by atoms with E-state index in [2.05, 4.69) is 9.47 Å². The maximum Gasteiger partial charge on any atom is 0.573 e. The van der Waals surface area contributed by atoms with Crippen LogP contribution in [0.1, 0.15) is 0 Å². The predicted molar refractivity (Wildman–Crippen MR) is 39.9 cm³/mol. The fourth-order valence-corrected chi connectivity index (χ4v) is 0.890. The smallest absolute Gasteiger partial charge is 0.406 e. The second kappa shape index (κ2) is 4.22. The molecule has 1 aromatic carbocycles. The molecule has 1 rings (SSSR count). The summed E-state index contributed by atoms with van der Waals surface area (Å²) in [5.74, 6) is -3.48. The van der Waals surface area contributed by atoms with Gasteiger partial charge in [-0.2, -0.15) is 0 Å². The van der Waals surface area contributed by atoms with Crippen LogP contribution in [0.3, 0.4) is 0 Å². The summed E-state index contributed by atoms with van der Waals surface area (Å²) in [6.45, 7) is 0. The monoisotopic (exact) mass is 261 g/mol. The fraction of sp³-hybridized carbons (Fsp3) is 0.250. The minimum atomic E-state index is -5.17. The van der Waals surface area contributed by atoms with Gasteiger partial charge < -0.3 is 9.47 Å². The largest absolute Gasteiger partial charge is 0.573 e. The highest BCUT2D eigenvalue weighted by molar-refractivity contribution is 5.44. The van der Waals surface area contributed by atoms with Gasteiger partial charge in [-0.1, -0.05) is 0 Å². The molecule has 0 fully saturated rings. The lowest BCUT2D eigenvalue weighted by Gasteiger charge is -2.12. The summed E-state index contributed by atoms with van der Waals surface area (Å²) in [5.41, 5.74) is 0. The summed E-state index contributed by atoms with van der Waals surface area (Å²) in [6, 6.07) is 1.27. The highest BCUT2D eigenvalue weighted by atomic mass is 19.4. The van der Waals surface area contributed by atoms with Gasteiger partial charge in [0.1, 0.15) is 5.75 Å². The van der Waals surface area contributed by atoms with Crippen molar-refractivity contribution in [1.29, 1.82) is 0 Å². The van der Waals surface area contributed by atoms with Crippen molar-refractivity contribution >= 4 is 0 Å². The minimum absolute atomic E-state index is 0.212. The van der Waals surface area contributed by atoms with Crippen molar-refractivity contribution in [1.82, 2.24) is 0 Å². The molecule has 0 aliphatic heterocycles. The van der Waals surface area contributed by atoms with Gasteiger partial charge in [-0.25, -0.2) is 0 Å². The van der Waals surface area contributed by atoms with Crippen LogP contribution in [0.15, 0.2) is 18.2 Å². The van der Waals surface area contributed by atoms with Gasteiger partial charge in [-0.3, -0.25) is 5.11 Å². The van der Waals surface area contributed by atoms with Crippen molar-refractivity contribution in [2.75, 3.05) is 0 Å². The molecule has 95 valence electrons. The van der Waals surface area contributed by atoms with Gasteiger partial charge in [0, 0.05) is 6.07 Å².